The lowest BCUT2D eigenvalue weighted by Crippen LogP contribution is -2.53. The minimum atomic E-state index is -4.23. The smallest absolute Gasteiger partial charge is 0.264 e. The van der Waals surface area contributed by atoms with Crippen LogP contribution in [0.2, 0.25) is 5.02 Å². The monoisotopic (exact) mass is 641 g/mol. The number of methoxy groups -OCH3 is 2. The van der Waals surface area contributed by atoms with Gasteiger partial charge in [0.1, 0.15) is 12.6 Å². The zero-order valence-corrected chi connectivity index (χ0v) is 27.2. The first kappa shape index (κ1) is 33.1. The van der Waals surface area contributed by atoms with Crippen molar-refractivity contribution in [1.29, 1.82) is 0 Å². The molecule has 1 saturated carbocycles. The van der Waals surface area contributed by atoms with Crippen molar-refractivity contribution in [3.8, 4) is 11.5 Å². The van der Waals surface area contributed by atoms with Crippen molar-refractivity contribution in [3.05, 3.63) is 82.9 Å². The van der Waals surface area contributed by atoms with E-state index in [-0.39, 0.29) is 29.1 Å². The molecule has 0 saturated heterocycles. The summed E-state index contributed by atoms with van der Waals surface area (Å²) in [5.41, 5.74) is 1.74. The molecule has 0 aliphatic heterocycles. The molecule has 44 heavy (non-hydrogen) atoms. The molecule has 11 heteroatoms. The van der Waals surface area contributed by atoms with Gasteiger partial charge in [-0.3, -0.25) is 13.9 Å². The van der Waals surface area contributed by atoms with Crippen LogP contribution >= 0.6 is 11.6 Å². The largest absolute Gasteiger partial charge is 0.493 e. The van der Waals surface area contributed by atoms with Crippen molar-refractivity contribution in [1.82, 2.24) is 10.2 Å². The zero-order valence-electron chi connectivity index (χ0n) is 25.6. The molecule has 1 N–H and O–H groups in total. The van der Waals surface area contributed by atoms with E-state index in [1.807, 2.05) is 13.8 Å². The summed E-state index contributed by atoms with van der Waals surface area (Å²) in [6.45, 7) is 3.16. The highest BCUT2D eigenvalue weighted by molar-refractivity contribution is 7.92. The van der Waals surface area contributed by atoms with Crippen LogP contribution in [0.25, 0.3) is 0 Å². The number of hydrogen-bond acceptors (Lipinski definition) is 6. The van der Waals surface area contributed by atoms with Crippen LogP contribution in [-0.2, 0) is 26.2 Å². The maximum atomic E-state index is 14.3. The number of aryl methyl sites for hydroxylation is 1. The Morgan fingerprint density at radius 2 is 1.64 bits per heavy atom. The van der Waals surface area contributed by atoms with Crippen molar-refractivity contribution in [3.63, 3.8) is 0 Å². The highest BCUT2D eigenvalue weighted by Gasteiger charge is 2.35. The van der Waals surface area contributed by atoms with Crippen molar-refractivity contribution in [2.75, 3.05) is 25.1 Å². The van der Waals surface area contributed by atoms with Gasteiger partial charge in [-0.2, -0.15) is 0 Å². The standard InChI is InChI=1S/C33H40ClN3O6S/c1-5-29(33(39)35-25-11-7-8-12-25)36(21-24-10-6-9-13-28(24)34)32(38)22-37(26-16-19-30(42-3)31(20-26)43-4)44(40,41)27-17-14-23(2)15-18-27/h6,9-10,13-20,25,29H,5,7-8,11-12,21-22H2,1-4H3,(H,35,39)/t29-/m0/s1. The molecule has 0 bridgehead atoms. The fourth-order valence-corrected chi connectivity index (χ4v) is 7.04. The maximum Gasteiger partial charge on any atom is 0.264 e. The Balaban J connectivity index is 1.76. The van der Waals surface area contributed by atoms with Crippen molar-refractivity contribution in [2.24, 2.45) is 0 Å². The summed E-state index contributed by atoms with van der Waals surface area (Å²) in [5.74, 6) is -0.107. The van der Waals surface area contributed by atoms with E-state index in [1.165, 1.54) is 37.3 Å². The van der Waals surface area contributed by atoms with E-state index < -0.39 is 28.5 Å². The third kappa shape index (κ3) is 7.65. The molecule has 0 aromatic heterocycles. The fraction of sp³-hybridized carbons (Fsp3) is 0.394. The molecular weight excluding hydrogens is 602 g/mol. The Labute approximate surface area is 265 Å². The highest BCUT2D eigenvalue weighted by atomic mass is 35.5. The first-order valence-corrected chi connectivity index (χ1v) is 16.6. The van der Waals surface area contributed by atoms with Crippen LogP contribution < -0.4 is 19.1 Å². The molecule has 0 unspecified atom stereocenters. The highest BCUT2D eigenvalue weighted by Crippen LogP contribution is 2.34. The molecule has 1 fully saturated rings. The summed E-state index contributed by atoms with van der Waals surface area (Å²) >= 11 is 6.50. The number of nitrogens with zero attached hydrogens (tertiary/aromatic N) is 2. The second kappa shape index (κ2) is 14.8. The summed E-state index contributed by atoms with van der Waals surface area (Å²) in [7, 11) is -1.30. The molecule has 0 radical (unpaired) electrons. The van der Waals surface area contributed by atoms with Gasteiger partial charge in [-0.15, -0.1) is 0 Å². The number of sulfonamides is 1. The fourth-order valence-electron chi connectivity index (χ4n) is 5.44. The number of rotatable bonds is 13. The van der Waals surface area contributed by atoms with Gasteiger partial charge in [0.05, 0.1) is 24.8 Å². The second-order valence-corrected chi connectivity index (χ2v) is 13.2. The minimum Gasteiger partial charge on any atom is -0.493 e. The van der Waals surface area contributed by atoms with Gasteiger partial charge in [0.2, 0.25) is 11.8 Å². The second-order valence-electron chi connectivity index (χ2n) is 10.9. The van der Waals surface area contributed by atoms with Gasteiger partial charge < -0.3 is 19.7 Å². The lowest BCUT2D eigenvalue weighted by molar-refractivity contribution is -0.140. The summed E-state index contributed by atoms with van der Waals surface area (Å²) in [6, 6.07) is 17.4. The summed E-state index contributed by atoms with van der Waals surface area (Å²) in [5, 5.41) is 3.56. The molecule has 1 aliphatic carbocycles. The number of benzene rings is 3. The average Bonchev–Trinajstić information content (AvgIpc) is 3.53. The lowest BCUT2D eigenvalue weighted by Gasteiger charge is -2.34. The van der Waals surface area contributed by atoms with E-state index >= 15 is 0 Å². The molecule has 1 aliphatic rings. The Hall–Kier alpha value is -3.76. The molecule has 9 nitrogen and oxygen atoms in total. The topological polar surface area (TPSA) is 105 Å². The Kier molecular flexibility index (Phi) is 11.2. The average molecular weight is 642 g/mol. The maximum absolute atomic E-state index is 14.3. The van der Waals surface area contributed by atoms with Gasteiger partial charge in [-0.05, 0) is 62.1 Å². The Morgan fingerprint density at radius 3 is 2.25 bits per heavy atom. The number of amides is 2. The van der Waals surface area contributed by atoms with E-state index in [0.717, 1.165) is 35.6 Å². The van der Waals surface area contributed by atoms with E-state index in [9.17, 15) is 18.0 Å². The molecule has 236 valence electrons. The number of ether oxygens (including phenoxy) is 2. The SMILES string of the molecule is CC[C@@H](C(=O)NC1CCCC1)N(Cc1ccccc1Cl)C(=O)CN(c1ccc(OC)c(OC)c1)S(=O)(=O)c1ccc(C)cc1. The van der Waals surface area contributed by atoms with Gasteiger partial charge in [-0.25, -0.2) is 8.42 Å². The van der Waals surface area contributed by atoms with Crippen LogP contribution in [-0.4, -0.2) is 58.0 Å². The van der Waals surface area contributed by atoms with E-state index in [4.69, 9.17) is 21.1 Å². The third-order valence-corrected chi connectivity index (χ3v) is 10.1. The van der Waals surface area contributed by atoms with Gasteiger partial charge in [-0.1, -0.05) is 67.3 Å². The quantitative estimate of drug-likeness (QED) is 0.256. The summed E-state index contributed by atoms with van der Waals surface area (Å²) < 4.78 is 40.2. The number of halogens is 1. The van der Waals surface area contributed by atoms with Crippen LogP contribution in [0.1, 0.15) is 50.2 Å². The molecule has 0 spiro atoms. The van der Waals surface area contributed by atoms with Gasteiger partial charge >= 0.3 is 0 Å². The molecule has 4 rings (SSSR count). The molecular formula is C33H40ClN3O6S. The van der Waals surface area contributed by atoms with Crippen LogP contribution in [0.5, 0.6) is 11.5 Å². The first-order chi connectivity index (χ1) is 21.1. The van der Waals surface area contributed by atoms with Crippen LogP contribution in [0.15, 0.2) is 71.6 Å². The van der Waals surface area contributed by atoms with Gasteiger partial charge in [0, 0.05) is 23.7 Å². The zero-order chi connectivity index (χ0) is 31.9. The van der Waals surface area contributed by atoms with Crippen LogP contribution in [0.3, 0.4) is 0 Å². The minimum absolute atomic E-state index is 0.0226. The molecule has 3 aromatic carbocycles. The van der Waals surface area contributed by atoms with Gasteiger partial charge in [0.15, 0.2) is 11.5 Å². The molecule has 3 aromatic rings. The molecule has 1 atom stereocenters. The van der Waals surface area contributed by atoms with E-state index in [0.29, 0.717) is 28.5 Å². The van der Waals surface area contributed by atoms with Crippen molar-refractivity contribution < 1.29 is 27.5 Å². The normalized spacial score (nSPS) is 14.1. The van der Waals surface area contributed by atoms with E-state index in [2.05, 4.69) is 5.32 Å². The number of anilines is 1. The van der Waals surface area contributed by atoms with Gasteiger partial charge in [0.25, 0.3) is 10.0 Å². The Morgan fingerprint density at radius 1 is 0.977 bits per heavy atom. The number of nitrogens with one attached hydrogen (secondary N) is 1. The summed E-state index contributed by atoms with van der Waals surface area (Å²) in [6.07, 6.45) is 4.20. The number of hydrogen-bond donors (Lipinski definition) is 1. The van der Waals surface area contributed by atoms with E-state index in [1.54, 1.807) is 48.5 Å². The predicted molar refractivity (Wildman–Crippen MR) is 172 cm³/mol. The molecule has 0 heterocycles. The third-order valence-electron chi connectivity index (χ3n) is 7.93. The Bertz CT molecular complexity index is 1560. The lowest BCUT2D eigenvalue weighted by atomic mass is 10.1. The van der Waals surface area contributed by atoms with Crippen LogP contribution in [0, 0.1) is 6.92 Å². The van der Waals surface area contributed by atoms with Crippen LogP contribution in [0.4, 0.5) is 5.69 Å². The van der Waals surface area contributed by atoms with Crippen molar-refractivity contribution in [2.45, 2.75) is 69.5 Å². The number of carbonyl (C=O) groups excluding carboxylic acids is 2. The molecule has 2 amide bonds. The van der Waals surface area contributed by atoms with Crippen molar-refractivity contribution >= 4 is 39.1 Å². The number of carbonyl (C=O) groups is 2. The predicted octanol–water partition coefficient (Wildman–Crippen LogP) is 5.73. The summed E-state index contributed by atoms with van der Waals surface area (Å²) in [4.78, 5) is 29.4. The first-order valence-electron chi connectivity index (χ1n) is 14.7.